The highest BCUT2D eigenvalue weighted by Crippen LogP contribution is 2.47. The molecule has 1 aromatic carbocycles. The Bertz CT molecular complexity index is 768. The van der Waals surface area contributed by atoms with Crippen molar-refractivity contribution < 1.29 is 19.0 Å². The minimum Gasteiger partial charge on any atom is -0.379 e. The van der Waals surface area contributed by atoms with Crippen LogP contribution in [0.5, 0.6) is 0 Å². The monoisotopic (exact) mass is 430 g/mol. The van der Waals surface area contributed by atoms with E-state index in [4.69, 9.17) is 14.2 Å². The number of carbonyl (C=O) groups is 1. The standard InChI is InChI=1S/C23H34N4O4/c1-19-2-3-21-20(18-19)23(25-8-14-30-15-9-25,26-10-16-31-17-11-26)22(28)27(21)5-4-24-6-12-29-13-7-24/h2-3,18H,4-17H2,1H3. The second-order valence-corrected chi connectivity index (χ2v) is 8.80. The zero-order valence-electron chi connectivity index (χ0n) is 18.6. The van der Waals surface area contributed by atoms with E-state index in [9.17, 15) is 4.79 Å². The Morgan fingerprint density at radius 1 is 0.806 bits per heavy atom. The predicted octanol–water partition coefficient (Wildman–Crippen LogP) is 0.491. The molecule has 170 valence electrons. The first-order chi connectivity index (χ1) is 15.2. The summed E-state index contributed by atoms with van der Waals surface area (Å²) in [5.41, 5.74) is 2.61. The van der Waals surface area contributed by atoms with Crippen LogP contribution in [-0.2, 0) is 24.7 Å². The van der Waals surface area contributed by atoms with Crippen LogP contribution >= 0.6 is 0 Å². The van der Waals surface area contributed by atoms with Gasteiger partial charge in [-0.25, -0.2) is 0 Å². The molecule has 5 rings (SSSR count). The summed E-state index contributed by atoms with van der Waals surface area (Å²) in [6.45, 7) is 12.8. The molecule has 0 atom stereocenters. The van der Waals surface area contributed by atoms with Crippen LogP contribution in [0.4, 0.5) is 5.69 Å². The summed E-state index contributed by atoms with van der Waals surface area (Å²) in [6, 6.07) is 6.50. The van der Waals surface area contributed by atoms with Crippen LogP contribution in [0.3, 0.4) is 0 Å². The van der Waals surface area contributed by atoms with Crippen LogP contribution in [0.1, 0.15) is 11.1 Å². The summed E-state index contributed by atoms with van der Waals surface area (Å²) >= 11 is 0. The molecule has 0 bridgehead atoms. The van der Waals surface area contributed by atoms with Crippen molar-refractivity contribution in [3.63, 3.8) is 0 Å². The van der Waals surface area contributed by atoms with Gasteiger partial charge in [-0.1, -0.05) is 17.7 Å². The quantitative estimate of drug-likeness (QED) is 0.674. The van der Waals surface area contributed by atoms with E-state index in [-0.39, 0.29) is 5.91 Å². The highest BCUT2D eigenvalue weighted by atomic mass is 16.5. The topological polar surface area (TPSA) is 57.7 Å². The van der Waals surface area contributed by atoms with Gasteiger partial charge in [0.2, 0.25) is 0 Å². The van der Waals surface area contributed by atoms with Crippen LogP contribution in [0.2, 0.25) is 0 Å². The Labute approximate surface area is 184 Å². The number of ether oxygens (including phenoxy) is 3. The van der Waals surface area contributed by atoms with Crippen LogP contribution < -0.4 is 4.90 Å². The Balaban J connectivity index is 1.53. The fourth-order valence-corrected chi connectivity index (χ4v) is 5.45. The largest absolute Gasteiger partial charge is 0.379 e. The maximum absolute atomic E-state index is 14.4. The first kappa shape index (κ1) is 21.3. The normalized spacial score (nSPS) is 25.7. The Morgan fingerprint density at radius 2 is 1.35 bits per heavy atom. The van der Waals surface area contributed by atoms with Gasteiger partial charge in [-0.2, -0.15) is 0 Å². The second-order valence-electron chi connectivity index (χ2n) is 8.80. The van der Waals surface area contributed by atoms with Crippen LogP contribution in [0.15, 0.2) is 18.2 Å². The molecule has 4 aliphatic heterocycles. The zero-order chi connectivity index (χ0) is 21.3. The van der Waals surface area contributed by atoms with Crippen molar-refractivity contribution in [1.29, 1.82) is 0 Å². The molecule has 0 radical (unpaired) electrons. The lowest BCUT2D eigenvalue weighted by atomic mass is 9.94. The van der Waals surface area contributed by atoms with Crippen LogP contribution in [-0.4, -0.2) is 113 Å². The summed E-state index contributed by atoms with van der Waals surface area (Å²) in [6.07, 6.45) is 0. The van der Waals surface area contributed by atoms with Crippen molar-refractivity contribution in [3.8, 4) is 0 Å². The summed E-state index contributed by atoms with van der Waals surface area (Å²) < 4.78 is 16.8. The number of nitrogens with zero attached hydrogens (tertiary/aromatic N) is 4. The molecule has 0 N–H and O–H groups in total. The second kappa shape index (κ2) is 9.13. The van der Waals surface area contributed by atoms with E-state index in [1.807, 2.05) is 4.90 Å². The Hall–Kier alpha value is -1.55. The number of amides is 1. The van der Waals surface area contributed by atoms with Crippen LogP contribution in [0.25, 0.3) is 0 Å². The lowest BCUT2D eigenvalue weighted by Crippen LogP contribution is -2.67. The molecular weight excluding hydrogens is 396 g/mol. The van der Waals surface area contributed by atoms with E-state index >= 15 is 0 Å². The third kappa shape index (κ3) is 3.79. The molecule has 1 amide bonds. The number of benzene rings is 1. The minimum absolute atomic E-state index is 0.185. The summed E-state index contributed by atoms with van der Waals surface area (Å²) in [5, 5.41) is 0. The highest BCUT2D eigenvalue weighted by molar-refractivity contribution is 6.07. The fourth-order valence-electron chi connectivity index (χ4n) is 5.45. The molecule has 0 aliphatic carbocycles. The molecule has 4 aliphatic rings. The Morgan fingerprint density at radius 3 is 1.94 bits per heavy atom. The molecule has 0 aromatic heterocycles. The summed E-state index contributed by atoms with van der Waals surface area (Å²) in [5.74, 6) is 0.185. The molecule has 3 fully saturated rings. The lowest BCUT2D eigenvalue weighted by Gasteiger charge is -2.49. The van der Waals surface area contributed by atoms with E-state index in [0.29, 0.717) is 33.0 Å². The van der Waals surface area contributed by atoms with Gasteiger partial charge >= 0.3 is 0 Å². The van der Waals surface area contributed by atoms with Gasteiger partial charge in [-0.3, -0.25) is 19.5 Å². The van der Waals surface area contributed by atoms with Gasteiger partial charge in [0.1, 0.15) is 0 Å². The van der Waals surface area contributed by atoms with Crippen LogP contribution in [0, 0.1) is 6.92 Å². The maximum atomic E-state index is 14.4. The predicted molar refractivity (Wildman–Crippen MR) is 117 cm³/mol. The van der Waals surface area contributed by atoms with Crippen molar-refractivity contribution in [2.24, 2.45) is 0 Å². The number of morpholine rings is 3. The first-order valence-electron chi connectivity index (χ1n) is 11.6. The van der Waals surface area contributed by atoms with E-state index in [1.54, 1.807) is 0 Å². The molecule has 0 saturated carbocycles. The number of hydrogen-bond donors (Lipinski definition) is 0. The van der Waals surface area contributed by atoms with E-state index in [1.165, 1.54) is 5.56 Å². The van der Waals surface area contributed by atoms with Gasteiger partial charge in [0.15, 0.2) is 5.66 Å². The zero-order valence-corrected chi connectivity index (χ0v) is 18.6. The number of anilines is 1. The highest BCUT2D eigenvalue weighted by Gasteiger charge is 2.58. The van der Waals surface area contributed by atoms with Crippen molar-refractivity contribution in [1.82, 2.24) is 14.7 Å². The molecule has 4 heterocycles. The molecular formula is C23H34N4O4. The first-order valence-corrected chi connectivity index (χ1v) is 11.6. The van der Waals surface area contributed by atoms with E-state index in [0.717, 1.165) is 70.3 Å². The third-order valence-electron chi connectivity index (χ3n) is 7.04. The average molecular weight is 431 g/mol. The number of aryl methyl sites for hydroxylation is 1. The minimum atomic E-state index is -0.764. The van der Waals surface area contributed by atoms with Gasteiger partial charge in [-0.05, 0) is 13.0 Å². The lowest BCUT2D eigenvalue weighted by molar-refractivity contribution is -0.162. The molecule has 1 aromatic rings. The van der Waals surface area contributed by atoms with E-state index < -0.39 is 5.66 Å². The van der Waals surface area contributed by atoms with Crippen molar-refractivity contribution in [3.05, 3.63) is 29.3 Å². The summed E-state index contributed by atoms with van der Waals surface area (Å²) in [4.78, 5) is 23.5. The molecule has 3 saturated heterocycles. The van der Waals surface area contributed by atoms with Gasteiger partial charge in [0, 0.05) is 57.9 Å². The molecule has 31 heavy (non-hydrogen) atoms. The van der Waals surface area contributed by atoms with Crippen molar-refractivity contribution in [2.75, 3.05) is 96.9 Å². The van der Waals surface area contributed by atoms with Crippen molar-refractivity contribution in [2.45, 2.75) is 12.6 Å². The number of fused-ring (bicyclic) bond motifs is 1. The third-order valence-corrected chi connectivity index (χ3v) is 7.04. The van der Waals surface area contributed by atoms with Gasteiger partial charge in [-0.15, -0.1) is 0 Å². The Kier molecular flexibility index (Phi) is 6.28. The SMILES string of the molecule is Cc1ccc2c(c1)C(N1CCOCC1)(N1CCOCC1)C(=O)N2CCN1CCOCC1. The smallest absolute Gasteiger partial charge is 0.267 e. The molecule has 0 spiro atoms. The fraction of sp³-hybridized carbons (Fsp3) is 0.696. The summed E-state index contributed by atoms with van der Waals surface area (Å²) in [7, 11) is 0. The van der Waals surface area contributed by atoms with Gasteiger partial charge in [0.05, 0.1) is 45.3 Å². The van der Waals surface area contributed by atoms with Crippen molar-refractivity contribution >= 4 is 11.6 Å². The van der Waals surface area contributed by atoms with Gasteiger partial charge in [0.25, 0.3) is 5.91 Å². The molecule has 8 heteroatoms. The maximum Gasteiger partial charge on any atom is 0.267 e. The number of rotatable bonds is 5. The number of carbonyl (C=O) groups excluding carboxylic acids is 1. The van der Waals surface area contributed by atoms with E-state index in [2.05, 4.69) is 39.8 Å². The average Bonchev–Trinajstić information content (AvgIpc) is 3.07. The number of hydrogen-bond acceptors (Lipinski definition) is 7. The molecule has 8 nitrogen and oxygen atoms in total. The molecule has 0 unspecified atom stereocenters. The van der Waals surface area contributed by atoms with Gasteiger partial charge < -0.3 is 19.1 Å².